The summed E-state index contributed by atoms with van der Waals surface area (Å²) in [7, 11) is 1.83. The number of hydrazone groups is 1. The lowest BCUT2D eigenvalue weighted by atomic mass is 10.2. The van der Waals surface area contributed by atoms with Crippen LogP contribution in [0.1, 0.15) is 19.8 Å². The summed E-state index contributed by atoms with van der Waals surface area (Å²) in [6.45, 7) is 5.87. The van der Waals surface area contributed by atoms with Crippen molar-refractivity contribution in [3.05, 3.63) is 59.5 Å². The number of nitrogens with one attached hydrogen (secondary N) is 2. The zero-order valence-electron chi connectivity index (χ0n) is 14.8. The molecule has 0 bridgehead atoms. The molecule has 2 aliphatic rings. The topological polar surface area (TPSA) is 66.0 Å². The highest BCUT2D eigenvalue weighted by Crippen LogP contribution is 2.33. The second-order valence-electron chi connectivity index (χ2n) is 6.18. The summed E-state index contributed by atoms with van der Waals surface area (Å²) in [4.78, 5) is 12.0. The molecule has 6 nitrogen and oxygen atoms in total. The fraction of sp³-hybridized carbons (Fsp3) is 0.263. The standard InChI is InChI=1S/C19H21ClN4O2/c1-12(21-3)11-24-13(2)4-9-18(23-24)26-15-7-8-16(20)17(10-15)22-19(25)14-5-6-14/h4,7-11,14,21H,2,5-6H2,1,3H3,(H,22,25)/b12-11+. The summed E-state index contributed by atoms with van der Waals surface area (Å²) in [6, 6.07) is 5.11. The summed E-state index contributed by atoms with van der Waals surface area (Å²) < 4.78 is 5.82. The van der Waals surface area contributed by atoms with E-state index in [2.05, 4.69) is 22.3 Å². The monoisotopic (exact) mass is 372 g/mol. The average molecular weight is 373 g/mol. The van der Waals surface area contributed by atoms with Crippen molar-refractivity contribution in [2.45, 2.75) is 19.8 Å². The highest BCUT2D eigenvalue weighted by Gasteiger charge is 2.30. The Morgan fingerprint density at radius 1 is 1.42 bits per heavy atom. The van der Waals surface area contributed by atoms with Crippen LogP contribution >= 0.6 is 11.6 Å². The number of benzene rings is 1. The van der Waals surface area contributed by atoms with Gasteiger partial charge in [-0.3, -0.25) is 4.79 Å². The fourth-order valence-corrected chi connectivity index (χ4v) is 2.39. The molecule has 1 amide bonds. The van der Waals surface area contributed by atoms with Crippen LogP contribution in [0.25, 0.3) is 0 Å². The first-order chi connectivity index (χ1) is 12.5. The first-order valence-corrected chi connectivity index (χ1v) is 8.73. The predicted molar refractivity (Wildman–Crippen MR) is 104 cm³/mol. The molecule has 136 valence electrons. The van der Waals surface area contributed by atoms with E-state index in [4.69, 9.17) is 16.3 Å². The molecular formula is C19H21ClN4O2. The van der Waals surface area contributed by atoms with Crippen molar-refractivity contribution >= 4 is 29.1 Å². The van der Waals surface area contributed by atoms with Crippen molar-refractivity contribution in [2.24, 2.45) is 11.0 Å². The van der Waals surface area contributed by atoms with E-state index in [1.54, 1.807) is 29.3 Å². The summed E-state index contributed by atoms with van der Waals surface area (Å²) in [5.74, 6) is 1.03. The predicted octanol–water partition coefficient (Wildman–Crippen LogP) is 3.85. The van der Waals surface area contributed by atoms with Gasteiger partial charge in [-0.2, -0.15) is 0 Å². The van der Waals surface area contributed by atoms with E-state index in [9.17, 15) is 4.79 Å². The van der Waals surface area contributed by atoms with Gasteiger partial charge in [-0.25, -0.2) is 5.01 Å². The number of carbonyl (C=O) groups excluding carboxylic acids is 1. The third kappa shape index (κ3) is 4.46. The summed E-state index contributed by atoms with van der Waals surface area (Å²) >= 11 is 6.17. The van der Waals surface area contributed by atoms with E-state index >= 15 is 0 Å². The number of hydrogen-bond donors (Lipinski definition) is 2. The molecule has 1 aliphatic carbocycles. The molecule has 1 aliphatic heterocycles. The number of amides is 1. The summed E-state index contributed by atoms with van der Waals surface area (Å²) in [5, 5.41) is 12.4. The van der Waals surface area contributed by atoms with Gasteiger partial charge in [0.2, 0.25) is 11.8 Å². The molecule has 3 rings (SSSR count). The summed E-state index contributed by atoms with van der Waals surface area (Å²) in [6.07, 6.45) is 7.23. The molecule has 1 saturated carbocycles. The lowest BCUT2D eigenvalue weighted by Gasteiger charge is -2.20. The van der Waals surface area contributed by atoms with Crippen LogP contribution in [0.3, 0.4) is 0 Å². The van der Waals surface area contributed by atoms with E-state index in [0.717, 1.165) is 24.2 Å². The van der Waals surface area contributed by atoms with Gasteiger partial charge in [0.15, 0.2) is 0 Å². The molecule has 0 unspecified atom stereocenters. The Morgan fingerprint density at radius 2 is 2.19 bits per heavy atom. The van der Waals surface area contributed by atoms with Gasteiger partial charge in [-0.05, 0) is 38.0 Å². The molecule has 7 heteroatoms. The van der Waals surface area contributed by atoms with Crippen molar-refractivity contribution < 1.29 is 9.53 Å². The highest BCUT2D eigenvalue weighted by molar-refractivity contribution is 6.33. The van der Waals surface area contributed by atoms with Crippen molar-refractivity contribution in [1.82, 2.24) is 10.3 Å². The van der Waals surface area contributed by atoms with Crippen molar-refractivity contribution in [2.75, 3.05) is 12.4 Å². The Morgan fingerprint density at radius 3 is 2.88 bits per heavy atom. The van der Waals surface area contributed by atoms with Crippen LogP contribution in [-0.4, -0.2) is 23.9 Å². The normalized spacial score (nSPS) is 17.0. The molecule has 1 aromatic carbocycles. The van der Waals surface area contributed by atoms with Gasteiger partial charge in [0, 0.05) is 37.0 Å². The molecule has 1 heterocycles. The summed E-state index contributed by atoms with van der Waals surface area (Å²) in [5.41, 5.74) is 2.19. The number of ether oxygens (including phenoxy) is 1. The Balaban J connectivity index is 1.75. The maximum absolute atomic E-state index is 12.0. The van der Waals surface area contributed by atoms with Crippen molar-refractivity contribution in [1.29, 1.82) is 0 Å². The van der Waals surface area contributed by atoms with E-state index in [0.29, 0.717) is 22.4 Å². The molecule has 0 spiro atoms. The molecule has 1 aromatic rings. The quantitative estimate of drug-likeness (QED) is 0.824. The minimum absolute atomic E-state index is 0.00546. The number of halogens is 1. The maximum atomic E-state index is 12.0. The third-order valence-corrected chi connectivity index (χ3v) is 4.32. The van der Waals surface area contributed by atoms with Crippen LogP contribution in [0.2, 0.25) is 5.02 Å². The molecule has 0 atom stereocenters. The van der Waals surface area contributed by atoms with Gasteiger partial charge in [-0.1, -0.05) is 18.2 Å². The molecule has 1 fully saturated rings. The van der Waals surface area contributed by atoms with Gasteiger partial charge in [-0.15, -0.1) is 5.10 Å². The average Bonchev–Trinajstić information content (AvgIpc) is 3.45. The number of rotatable bonds is 5. The SMILES string of the molecule is C=C1C=CC(Oc2ccc(Cl)c(NC(=O)C3CC3)c2)=NN1/C=C(\C)NC. The molecule has 0 saturated heterocycles. The van der Waals surface area contributed by atoms with Gasteiger partial charge in [0.25, 0.3) is 0 Å². The fourth-order valence-electron chi connectivity index (χ4n) is 2.23. The van der Waals surface area contributed by atoms with Crippen LogP contribution in [-0.2, 0) is 4.79 Å². The largest absolute Gasteiger partial charge is 0.438 e. The Bertz CT molecular complexity index is 825. The van der Waals surface area contributed by atoms with Gasteiger partial charge in [0.1, 0.15) is 5.75 Å². The Kier molecular flexibility index (Phi) is 5.32. The van der Waals surface area contributed by atoms with Crippen LogP contribution in [0.15, 0.2) is 59.6 Å². The van der Waals surface area contributed by atoms with E-state index in [1.807, 2.05) is 26.2 Å². The number of anilines is 1. The van der Waals surface area contributed by atoms with E-state index < -0.39 is 0 Å². The number of nitrogens with zero attached hydrogens (tertiary/aromatic N) is 2. The van der Waals surface area contributed by atoms with Crippen LogP contribution in [0, 0.1) is 5.92 Å². The third-order valence-electron chi connectivity index (χ3n) is 4.00. The lowest BCUT2D eigenvalue weighted by molar-refractivity contribution is -0.117. The zero-order chi connectivity index (χ0) is 18.7. The minimum atomic E-state index is -0.00546. The van der Waals surface area contributed by atoms with E-state index in [-0.39, 0.29) is 11.8 Å². The Labute approximate surface area is 157 Å². The van der Waals surface area contributed by atoms with Crippen LogP contribution in [0.4, 0.5) is 5.69 Å². The van der Waals surface area contributed by atoms with Crippen LogP contribution in [0.5, 0.6) is 5.75 Å². The van der Waals surface area contributed by atoms with Crippen molar-refractivity contribution in [3.63, 3.8) is 0 Å². The zero-order valence-corrected chi connectivity index (χ0v) is 15.5. The smallest absolute Gasteiger partial charge is 0.237 e. The maximum Gasteiger partial charge on any atom is 0.237 e. The van der Waals surface area contributed by atoms with Gasteiger partial charge >= 0.3 is 0 Å². The molecule has 0 aromatic heterocycles. The lowest BCUT2D eigenvalue weighted by Crippen LogP contribution is -2.20. The van der Waals surface area contributed by atoms with Gasteiger partial charge in [0.05, 0.1) is 16.4 Å². The van der Waals surface area contributed by atoms with Gasteiger partial charge < -0.3 is 15.4 Å². The first-order valence-electron chi connectivity index (χ1n) is 8.35. The second kappa shape index (κ2) is 7.66. The molecule has 2 N–H and O–H groups in total. The molecular weight excluding hydrogens is 352 g/mol. The first kappa shape index (κ1) is 18.1. The highest BCUT2D eigenvalue weighted by atomic mass is 35.5. The number of hydrogen-bond acceptors (Lipinski definition) is 5. The van der Waals surface area contributed by atoms with Crippen LogP contribution < -0.4 is 15.4 Å². The van der Waals surface area contributed by atoms with Crippen molar-refractivity contribution in [3.8, 4) is 5.75 Å². The molecule has 26 heavy (non-hydrogen) atoms. The van der Waals surface area contributed by atoms with E-state index in [1.165, 1.54) is 0 Å². The second-order valence-corrected chi connectivity index (χ2v) is 6.58. The minimum Gasteiger partial charge on any atom is -0.438 e. The number of carbonyl (C=O) groups is 1. The molecule has 0 radical (unpaired) electrons. The number of allylic oxidation sites excluding steroid dienone is 2. The Hall–Kier alpha value is -2.73.